The molecule has 122 valence electrons. The molecule has 3 rings (SSSR count). The van der Waals surface area contributed by atoms with Crippen molar-refractivity contribution in [1.82, 2.24) is 15.0 Å². The molecule has 8 heteroatoms. The van der Waals surface area contributed by atoms with Crippen LogP contribution in [0.25, 0.3) is 5.69 Å². The zero-order chi connectivity index (χ0) is 16.9. The smallest absolute Gasteiger partial charge is 0.349 e. The van der Waals surface area contributed by atoms with Crippen LogP contribution in [0.15, 0.2) is 54.9 Å². The summed E-state index contributed by atoms with van der Waals surface area (Å²) in [5.41, 5.74) is 0.803. The lowest BCUT2D eigenvalue weighted by atomic mass is 10.3. The second-order valence-electron chi connectivity index (χ2n) is 4.71. The van der Waals surface area contributed by atoms with Gasteiger partial charge in [0.1, 0.15) is 11.5 Å². The van der Waals surface area contributed by atoms with Crippen molar-refractivity contribution in [2.24, 2.45) is 0 Å². The molecule has 3 aromatic rings. The van der Waals surface area contributed by atoms with Gasteiger partial charge in [-0.05, 0) is 42.5 Å². The highest BCUT2D eigenvalue weighted by atomic mass is 35.5. The van der Waals surface area contributed by atoms with E-state index in [-0.39, 0.29) is 6.61 Å². The normalized spacial score (nSPS) is 10.4. The van der Waals surface area contributed by atoms with E-state index in [4.69, 9.17) is 32.7 Å². The fourth-order valence-electron chi connectivity index (χ4n) is 1.93. The second-order valence-corrected chi connectivity index (χ2v) is 5.58. The second kappa shape index (κ2) is 7.33. The van der Waals surface area contributed by atoms with Gasteiger partial charge in [-0.25, -0.2) is 9.48 Å². The van der Waals surface area contributed by atoms with E-state index in [1.165, 1.54) is 0 Å². The van der Waals surface area contributed by atoms with Crippen LogP contribution in [0, 0.1) is 0 Å². The lowest BCUT2D eigenvalue weighted by Crippen LogP contribution is -2.17. The lowest BCUT2D eigenvalue weighted by molar-refractivity contribution is -0.136. The third-order valence-corrected chi connectivity index (χ3v) is 3.38. The van der Waals surface area contributed by atoms with Gasteiger partial charge in [-0.15, -0.1) is 5.10 Å². The Balaban J connectivity index is 1.56. The zero-order valence-corrected chi connectivity index (χ0v) is 13.7. The highest BCUT2D eigenvalue weighted by Gasteiger charge is 2.08. The number of nitrogens with zero attached hydrogens (tertiary/aromatic N) is 3. The lowest BCUT2D eigenvalue weighted by Gasteiger charge is -2.08. The van der Waals surface area contributed by atoms with Crippen molar-refractivity contribution in [2.75, 3.05) is 6.61 Å². The van der Waals surface area contributed by atoms with Crippen molar-refractivity contribution in [3.8, 4) is 17.2 Å². The predicted molar refractivity (Wildman–Crippen MR) is 89.0 cm³/mol. The van der Waals surface area contributed by atoms with Crippen molar-refractivity contribution in [2.45, 2.75) is 0 Å². The molecule has 1 heterocycles. The van der Waals surface area contributed by atoms with Crippen LogP contribution >= 0.6 is 23.2 Å². The minimum absolute atomic E-state index is 0.262. The van der Waals surface area contributed by atoms with Crippen molar-refractivity contribution < 1.29 is 14.3 Å². The minimum atomic E-state index is -0.542. The van der Waals surface area contributed by atoms with E-state index in [0.29, 0.717) is 21.5 Å². The van der Waals surface area contributed by atoms with E-state index in [9.17, 15) is 4.79 Å². The summed E-state index contributed by atoms with van der Waals surface area (Å²) in [6, 6.07) is 11.5. The Labute approximate surface area is 147 Å². The van der Waals surface area contributed by atoms with Crippen LogP contribution in [0.4, 0.5) is 0 Å². The molecule has 6 nitrogen and oxygen atoms in total. The van der Waals surface area contributed by atoms with E-state index >= 15 is 0 Å². The Hall–Kier alpha value is -2.57. The van der Waals surface area contributed by atoms with Gasteiger partial charge in [-0.2, -0.15) is 0 Å². The molecule has 0 saturated carbocycles. The SMILES string of the molecule is O=C(COc1cc(Cl)cc(Cl)c1)Oc1ccc(-n2ccnn2)cc1. The Morgan fingerprint density at radius 3 is 2.38 bits per heavy atom. The fraction of sp³-hybridized carbons (Fsp3) is 0.0625. The van der Waals surface area contributed by atoms with Crippen molar-refractivity contribution >= 4 is 29.2 Å². The molecule has 0 radical (unpaired) electrons. The number of benzene rings is 2. The summed E-state index contributed by atoms with van der Waals surface area (Å²) in [6.07, 6.45) is 3.29. The Morgan fingerprint density at radius 2 is 1.75 bits per heavy atom. The van der Waals surface area contributed by atoms with E-state index in [1.807, 2.05) is 0 Å². The summed E-state index contributed by atoms with van der Waals surface area (Å²) in [6.45, 7) is -0.262. The molecule has 0 saturated heterocycles. The highest BCUT2D eigenvalue weighted by Crippen LogP contribution is 2.24. The maximum absolute atomic E-state index is 11.8. The van der Waals surface area contributed by atoms with Gasteiger partial charge in [-0.3, -0.25) is 0 Å². The van der Waals surface area contributed by atoms with Crippen LogP contribution in [0.3, 0.4) is 0 Å². The number of ether oxygens (including phenoxy) is 2. The molecule has 0 amide bonds. The first-order valence-electron chi connectivity index (χ1n) is 6.86. The van der Waals surface area contributed by atoms with Gasteiger partial charge in [-0.1, -0.05) is 28.4 Å². The van der Waals surface area contributed by atoms with Gasteiger partial charge in [0.05, 0.1) is 18.1 Å². The summed E-state index contributed by atoms with van der Waals surface area (Å²) < 4.78 is 12.1. The molecule has 0 aliphatic rings. The van der Waals surface area contributed by atoms with Crippen LogP contribution in [-0.4, -0.2) is 27.6 Å². The summed E-state index contributed by atoms with van der Waals surface area (Å²) in [5, 5.41) is 8.45. The molecule has 0 aliphatic carbocycles. The number of rotatable bonds is 5. The van der Waals surface area contributed by atoms with Crippen LogP contribution < -0.4 is 9.47 Å². The molecule has 24 heavy (non-hydrogen) atoms. The third-order valence-electron chi connectivity index (χ3n) is 2.95. The molecular weight excluding hydrogens is 353 g/mol. The molecule has 0 fully saturated rings. The third kappa shape index (κ3) is 4.24. The summed E-state index contributed by atoms with van der Waals surface area (Å²) in [7, 11) is 0. The first-order chi connectivity index (χ1) is 11.6. The van der Waals surface area contributed by atoms with Gasteiger partial charge in [0.2, 0.25) is 0 Å². The number of esters is 1. The van der Waals surface area contributed by atoms with Gasteiger partial charge in [0, 0.05) is 10.0 Å². The zero-order valence-electron chi connectivity index (χ0n) is 12.2. The first-order valence-corrected chi connectivity index (χ1v) is 7.62. The molecular formula is C16H11Cl2N3O3. The molecule has 0 bridgehead atoms. The first kappa shape index (κ1) is 16.3. The molecule has 0 atom stereocenters. The summed E-state index contributed by atoms with van der Waals surface area (Å²) in [5.74, 6) is 0.252. The molecule has 1 aromatic heterocycles. The summed E-state index contributed by atoms with van der Waals surface area (Å²) >= 11 is 11.7. The maximum atomic E-state index is 11.8. The number of hydrogen-bond donors (Lipinski definition) is 0. The Morgan fingerprint density at radius 1 is 1.04 bits per heavy atom. The van der Waals surface area contributed by atoms with Crippen molar-refractivity contribution in [3.05, 3.63) is 64.9 Å². The van der Waals surface area contributed by atoms with E-state index in [1.54, 1.807) is 59.5 Å². The van der Waals surface area contributed by atoms with Gasteiger partial charge >= 0.3 is 5.97 Å². The molecule has 0 aliphatic heterocycles. The number of aromatic nitrogens is 3. The quantitative estimate of drug-likeness (QED) is 0.512. The number of hydrogen-bond acceptors (Lipinski definition) is 5. The van der Waals surface area contributed by atoms with Crippen LogP contribution in [-0.2, 0) is 4.79 Å². The average Bonchev–Trinajstić information content (AvgIpc) is 3.07. The van der Waals surface area contributed by atoms with Crippen LogP contribution in [0.2, 0.25) is 10.0 Å². The highest BCUT2D eigenvalue weighted by molar-refractivity contribution is 6.34. The number of halogens is 2. The van der Waals surface area contributed by atoms with Crippen LogP contribution in [0.5, 0.6) is 11.5 Å². The summed E-state index contributed by atoms with van der Waals surface area (Å²) in [4.78, 5) is 11.8. The molecule has 2 aromatic carbocycles. The average molecular weight is 364 g/mol. The van der Waals surface area contributed by atoms with Crippen LogP contribution in [0.1, 0.15) is 0 Å². The molecule has 0 unspecified atom stereocenters. The Bertz CT molecular complexity index is 816. The fourth-order valence-corrected chi connectivity index (χ4v) is 2.43. The topological polar surface area (TPSA) is 66.2 Å². The molecule has 0 N–H and O–H groups in total. The van der Waals surface area contributed by atoms with E-state index in [2.05, 4.69) is 10.3 Å². The van der Waals surface area contributed by atoms with E-state index < -0.39 is 5.97 Å². The van der Waals surface area contributed by atoms with Gasteiger partial charge in [0.15, 0.2) is 6.61 Å². The standard InChI is InChI=1S/C16H11Cl2N3O3/c17-11-7-12(18)9-15(8-11)23-10-16(22)24-14-3-1-13(2-4-14)21-6-5-19-20-21/h1-9H,10H2. The monoisotopic (exact) mass is 363 g/mol. The predicted octanol–water partition coefficient (Wildman–Crippen LogP) is 3.56. The van der Waals surface area contributed by atoms with Gasteiger partial charge < -0.3 is 9.47 Å². The maximum Gasteiger partial charge on any atom is 0.349 e. The number of carbonyl (C=O) groups excluding carboxylic acids is 1. The number of carbonyl (C=O) groups is 1. The van der Waals surface area contributed by atoms with E-state index in [0.717, 1.165) is 5.69 Å². The van der Waals surface area contributed by atoms with Gasteiger partial charge in [0.25, 0.3) is 0 Å². The largest absolute Gasteiger partial charge is 0.482 e. The van der Waals surface area contributed by atoms with Crippen molar-refractivity contribution in [3.63, 3.8) is 0 Å². The minimum Gasteiger partial charge on any atom is -0.482 e. The molecule has 0 spiro atoms. The Kier molecular flexibility index (Phi) is 4.98. The van der Waals surface area contributed by atoms with Crippen molar-refractivity contribution in [1.29, 1.82) is 0 Å².